The molecular formula is C15H18N4OS. The van der Waals surface area contributed by atoms with Gasteiger partial charge in [0, 0.05) is 17.8 Å². The molecule has 1 amide bonds. The maximum atomic E-state index is 12.1. The average Bonchev–Trinajstić information content (AvgIpc) is 3.26. The number of nitrogens with zero attached hydrogens (tertiary/aromatic N) is 2. The second kappa shape index (κ2) is 6.22. The van der Waals surface area contributed by atoms with Gasteiger partial charge in [-0.05, 0) is 31.4 Å². The van der Waals surface area contributed by atoms with Gasteiger partial charge < -0.3 is 5.32 Å². The zero-order valence-electron chi connectivity index (χ0n) is 11.9. The molecule has 0 radical (unpaired) electrons. The predicted octanol–water partition coefficient (Wildman–Crippen LogP) is 3.49. The molecule has 110 valence electrons. The molecule has 0 saturated heterocycles. The van der Waals surface area contributed by atoms with Crippen molar-refractivity contribution in [3.63, 3.8) is 0 Å². The second-order valence-electron chi connectivity index (χ2n) is 5.16. The molecule has 2 aromatic rings. The Morgan fingerprint density at radius 1 is 1.43 bits per heavy atom. The number of nitrogens with one attached hydrogen (secondary N) is 2. The Balaban J connectivity index is 1.61. The minimum Gasteiger partial charge on any atom is -0.384 e. The standard InChI is InChI=1S/C15H18N4OS/c1-2-7-16-11-5-6-12(17-8-11)14(20)19-15-18-13(9-21-15)10-3-4-10/h5-6,8-10,16H,2-4,7H2,1H3,(H,18,19,20). The smallest absolute Gasteiger partial charge is 0.276 e. The number of hydrogen-bond donors (Lipinski definition) is 2. The molecule has 1 aliphatic rings. The van der Waals surface area contributed by atoms with Crippen molar-refractivity contribution >= 4 is 28.1 Å². The van der Waals surface area contributed by atoms with Crippen molar-refractivity contribution < 1.29 is 4.79 Å². The van der Waals surface area contributed by atoms with E-state index in [4.69, 9.17) is 0 Å². The van der Waals surface area contributed by atoms with Crippen LogP contribution in [0.3, 0.4) is 0 Å². The van der Waals surface area contributed by atoms with E-state index in [0.29, 0.717) is 16.7 Å². The van der Waals surface area contributed by atoms with Crippen LogP contribution in [0.1, 0.15) is 48.3 Å². The van der Waals surface area contributed by atoms with Gasteiger partial charge in [0.25, 0.3) is 5.91 Å². The van der Waals surface area contributed by atoms with Gasteiger partial charge in [0.15, 0.2) is 5.13 Å². The summed E-state index contributed by atoms with van der Waals surface area (Å²) >= 11 is 1.47. The van der Waals surface area contributed by atoms with Gasteiger partial charge in [0.05, 0.1) is 17.6 Å². The maximum Gasteiger partial charge on any atom is 0.276 e. The Labute approximate surface area is 127 Å². The van der Waals surface area contributed by atoms with Crippen molar-refractivity contribution in [2.75, 3.05) is 17.2 Å². The zero-order chi connectivity index (χ0) is 14.7. The number of hydrogen-bond acceptors (Lipinski definition) is 5. The number of rotatable bonds is 6. The molecule has 0 bridgehead atoms. The molecule has 21 heavy (non-hydrogen) atoms. The lowest BCUT2D eigenvalue weighted by Crippen LogP contribution is -2.13. The van der Waals surface area contributed by atoms with Crippen LogP contribution in [0.2, 0.25) is 0 Å². The molecule has 1 saturated carbocycles. The van der Waals surface area contributed by atoms with Crippen molar-refractivity contribution in [3.05, 3.63) is 35.1 Å². The fourth-order valence-corrected chi connectivity index (χ4v) is 2.76. The third-order valence-electron chi connectivity index (χ3n) is 3.31. The van der Waals surface area contributed by atoms with E-state index in [-0.39, 0.29) is 5.91 Å². The predicted molar refractivity (Wildman–Crippen MR) is 85.1 cm³/mol. The Morgan fingerprint density at radius 3 is 2.95 bits per heavy atom. The molecule has 0 unspecified atom stereocenters. The van der Waals surface area contributed by atoms with E-state index in [2.05, 4.69) is 27.5 Å². The van der Waals surface area contributed by atoms with E-state index in [1.807, 2.05) is 11.4 Å². The third-order valence-corrected chi connectivity index (χ3v) is 4.09. The quantitative estimate of drug-likeness (QED) is 0.857. The van der Waals surface area contributed by atoms with Crippen molar-refractivity contribution in [2.24, 2.45) is 0 Å². The molecule has 0 atom stereocenters. The van der Waals surface area contributed by atoms with Crippen molar-refractivity contribution in [1.29, 1.82) is 0 Å². The van der Waals surface area contributed by atoms with Gasteiger partial charge in [-0.3, -0.25) is 10.1 Å². The van der Waals surface area contributed by atoms with Gasteiger partial charge in [-0.1, -0.05) is 6.92 Å². The molecule has 0 spiro atoms. The van der Waals surface area contributed by atoms with Gasteiger partial charge in [-0.2, -0.15) is 0 Å². The molecule has 2 heterocycles. The molecule has 1 fully saturated rings. The first-order valence-electron chi connectivity index (χ1n) is 7.23. The topological polar surface area (TPSA) is 66.9 Å². The highest BCUT2D eigenvalue weighted by atomic mass is 32.1. The van der Waals surface area contributed by atoms with E-state index in [0.717, 1.165) is 24.3 Å². The molecule has 0 aromatic carbocycles. The fourth-order valence-electron chi connectivity index (χ4n) is 1.97. The van der Waals surface area contributed by atoms with Gasteiger partial charge in [0.1, 0.15) is 5.69 Å². The summed E-state index contributed by atoms with van der Waals surface area (Å²) in [5.41, 5.74) is 2.43. The number of thiazole rings is 1. The van der Waals surface area contributed by atoms with Crippen molar-refractivity contribution in [1.82, 2.24) is 9.97 Å². The fraction of sp³-hybridized carbons (Fsp3) is 0.400. The largest absolute Gasteiger partial charge is 0.384 e. The summed E-state index contributed by atoms with van der Waals surface area (Å²) in [6.07, 6.45) is 5.16. The van der Waals surface area contributed by atoms with Gasteiger partial charge >= 0.3 is 0 Å². The summed E-state index contributed by atoms with van der Waals surface area (Å²) in [6, 6.07) is 3.60. The molecule has 1 aliphatic carbocycles. The summed E-state index contributed by atoms with van der Waals surface area (Å²) in [7, 11) is 0. The number of pyridine rings is 1. The van der Waals surface area contributed by atoms with Gasteiger partial charge in [-0.25, -0.2) is 9.97 Å². The van der Waals surface area contributed by atoms with Crippen molar-refractivity contribution in [3.8, 4) is 0 Å². The van der Waals surface area contributed by atoms with E-state index in [1.54, 1.807) is 12.3 Å². The number of amides is 1. The van der Waals surface area contributed by atoms with Crippen LogP contribution in [-0.4, -0.2) is 22.4 Å². The van der Waals surface area contributed by atoms with E-state index in [1.165, 1.54) is 24.2 Å². The Kier molecular flexibility index (Phi) is 4.15. The van der Waals surface area contributed by atoms with Gasteiger partial charge in [0.2, 0.25) is 0 Å². The first kappa shape index (κ1) is 14.0. The molecule has 6 heteroatoms. The molecule has 3 rings (SSSR count). The lowest BCUT2D eigenvalue weighted by atomic mass is 10.3. The van der Waals surface area contributed by atoms with Crippen LogP contribution in [0, 0.1) is 0 Å². The highest BCUT2D eigenvalue weighted by molar-refractivity contribution is 7.14. The summed E-state index contributed by atoms with van der Waals surface area (Å²) in [4.78, 5) is 20.7. The van der Waals surface area contributed by atoms with Crippen LogP contribution in [0.5, 0.6) is 0 Å². The maximum absolute atomic E-state index is 12.1. The van der Waals surface area contributed by atoms with Crippen LogP contribution in [-0.2, 0) is 0 Å². The summed E-state index contributed by atoms with van der Waals surface area (Å²) in [5, 5.41) is 8.71. The summed E-state index contributed by atoms with van der Waals surface area (Å²) in [6.45, 7) is 3.00. The molecule has 2 aromatic heterocycles. The minimum absolute atomic E-state index is 0.214. The normalized spacial score (nSPS) is 14.0. The van der Waals surface area contributed by atoms with Gasteiger partial charge in [-0.15, -0.1) is 11.3 Å². The second-order valence-corrected chi connectivity index (χ2v) is 6.02. The molecule has 2 N–H and O–H groups in total. The Hall–Kier alpha value is -1.95. The van der Waals surface area contributed by atoms with E-state index < -0.39 is 0 Å². The summed E-state index contributed by atoms with van der Waals surface area (Å²) in [5.74, 6) is 0.391. The Morgan fingerprint density at radius 2 is 2.29 bits per heavy atom. The average molecular weight is 302 g/mol. The third kappa shape index (κ3) is 3.58. The SMILES string of the molecule is CCCNc1ccc(C(=O)Nc2nc(C3CC3)cs2)nc1. The van der Waals surface area contributed by atoms with Crippen LogP contribution < -0.4 is 10.6 Å². The number of anilines is 2. The minimum atomic E-state index is -0.214. The lowest BCUT2D eigenvalue weighted by molar-refractivity contribution is 0.102. The van der Waals surface area contributed by atoms with Crippen LogP contribution >= 0.6 is 11.3 Å². The van der Waals surface area contributed by atoms with E-state index >= 15 is 0 Å². The van der Waals surface area contributed by atoms with Crippen LogP contribution in [0.4, 0.5) is 10.8 Å². The summed E-state index contributed by atoms with van der Waals surface area (Å²) < 4.78 is 0. The monoisotopic (exact) mass is 302 g/mol. The lowest BCUT2D eigenvalue weighted by Gasteiger charge is -2.05. The molecule has 5 nitrogen and oxygen atoms in total. The molecule has 0 aliphatic heterocycles. The Bertz CT molecular complexity index is 619. The van der Waals surface area contributed by atoms with Crippen LogP contribution in [0.15, 0.2) is 23.7 Å². The number of carbonyl (C=O) groups is 1. The van der Waals surface area contributed by atoms with Crippen molar-refractivity contribution in [2.45, 2.75) is 32.1 Å². The molecular weight excluding hydrogens is 284 g/mol. The highest BCUT2D eigenvalue weighted by Crippen LogP contribution is 2.40. The number of carbonyl (C=O) groups excluding carboxylic acids is 1. The first-order valence-corrected chi connectivity index (χ1v) is 8.11. The van der Waals surface area contributed by atoms with Crippen LogP contribution in [0.25, 0.3) is 0 Å². The first-order chi connectivity index (χ1) is 10.3. The zero-order valence-corrected chi connectivity index (χ0v) is 12.7. The van der Waals surface area contributed by atoms with E-state index in [9.17, 15) is 4.79 Å². The highest BCUT2D eigenvalue weighted by Gasteiger charge is 2.26. The number of aromatic nitrogens is 2.